The summed E-state index contributed by atoms with van der Waals surface area (Å²) in [6.45, 7) is 4.14. The quantitative estimate of drug-likeness (QED) is 0.275. The van der Waals surface area contributed by atoms with E-state index in [2.05, 4.69) is 61.6 Å². The largest absolute Gasteiger partial charge is 0.457 e. The van der Waals surface area contributed by atoms with Gasteiger partial charge in [-0.2, -0.15) is 0 Å². The van der Waals surface area contributed by atoms with Gasteiger partial charge in [0, 0.05) is 5.56 Å². The Hall–Kier alpha value is -1.11. The molecule has 1 fully saturated rings. The highest BCUT2D eigenvalue weighted by molar-refractivity contribution is 9.28. The number of hydrogen-bond acceptors (Lipinski definition) is 3. The van der Waals surface area contributed by atoms with E-state index >= 15 is 0 Å². The zero-order valence-corrected chi connectivity index (χ0v) is 19.6. The van der Waals surface area contributed by atoms with Crippen LogP contribution in [0.1, 0.15) is 24.4 Å². The summed E-state index contributed by atoms with van der Waals surface area (Å²) in [6.07, 6.45) is 2.00. The SMILES string of the molecule is CC1(C)C(C=C(Br)Br)C1C(=O)OC(Br)c1cccc(Oc2ccccc2)c1. The lowest BCUT2D eigenvalue weighted by Gasteiger charge is -2.14. The van der Waals surface area contributed by atoms with Gasteiger partial charge in [0.2, 0.25) is 0 Å². The van der Waals surface area contributed by atoms with Crippen LogP contribution < -0.4 is 4.74 Å². The van der Waals surface area contributed by atoms with Gasteiger partial charge in [0.1, 0.15) is 11.5 Å². The summed E-state index contributed by atoms with van der Waals surface area (Å²) in [7, 11) is 0. The molecular formula is C21H19Br3O3. The molecule has 3 unspecified atom stereocenters. The maximum atomic E-state index is 12.6. The Morgan fingerprint density at radius 2 is 1.74 bits per heavy atom. The molecule has 0 aliphatic heterocycles. The first kappa shape index (κ1) is 20.6. The number of alkyl halides is 1. The van der Waals surface area contributed by atoms with Crippen LogP contribution >= 0.6 is 47.8 Å². The Morgan fingerprint density at radius 3 is 2.41 bits per heavy atom. The van der Waals surface area contributed by atoms with Crippen LogP contribution in [0.4, 0.5) is 0 Å². The number of ether oxygens (including phenoxy) is 2. The zero-order chi connectivity index (χ0) is 19.6. The molecule has 2 aromatic carbocycles. The normalized spacial score (nSPS) is 21.1. The van der Waals surface area contributed by atoms with Gasteiger partial charge in [-0.25, -0.2) is 0 Å². The van der Waals surface area contributed by atoms with E-state index < -0.39 is 5.01 Å². The van der Waals surface area contributed by atoms with Crippen LogP contribution in [-0.2, 0) is 9.53 Å². The molecule has 0 radical (unpaired) electrons. The minimum Gasteiger partial charge on any atom is -0.457 e. The highest BCUT2D eigenvalue weighted by Crippen LogP contribution is 2.60. The van der Waals surface area contributed by atoms with Crippen molar-refractivity contribution in [3.8, 4) is 11.5 Å². The van der Waals surface area contributed by atoms with E-state index in [1.807, 2.05) is 60.7 Å². The number of halogens is 3. The van der Waals surface area contributed by atoms with Crippen molar-refractivity contribution in [2.45, 2.75) is 18.9 Å². The summed E-state index contributed by atoms with van der Waals surface area (Å²) < 4.78 is 12.4. The standard InChI is InChI=1S/C21H19Br3O3/c1-21(2)16(12-17(22)23)18(21)20(25)27-19(24)13-7-6-10-15(11-13)26-14-8-4-3-5-9-14/h3-12,16,18-19H,1-2H3. The number of hydrogen-bond donors (Lipinski definition) is 0. The van der Waals surface area contributed by atoms with E-state index in [9.17, 15) is 4.79 Å². The van der Waals surface area contributed by atoms with Crippen molar-refractivity contribution in [1.82, 2.24) is 0 Å². The number of esters is 1. The third-order valence-corrected chi connectivity index (χ3v) is 6.03. The molecule has 1 aliphatic rings. The minimum atomic E-state index is -0.530. The van der Waals surface area contributed by atoms with Crippen LogP contribution in [0.2, 0.25) is 0 Å². The van der Waals surface area contributed by atoms with Gasteiger partial charge in [-0.3, -0.25) is 4.79 Å². The number of para-hydroxylation sites is 1. The predicted molar refractivity (Wildman–Crippen MR) is 117 cm³/mol. The smallest absolute Gasteiger partial charge is 0.311 e. The van der Waals surface area contributed by atoms with E-state index in [1.54, 1.807) is 0 Å². The lowest BCUT2D eigenvalue weighted by molar-refractivity contribution is -0.147. The first-order chi connectivity index (χ1) is 12.8. The first-order valence-electron chi connectivity index (χ1n) is 8.49. The second kappa shape index (κ2) is 8.50. The van der Waals surface area contributed by atoms with E-state index in [1.165, 1.54) is 0 Å². The molecule has 0 N–H and O–H groups in total. The van der Waals surface area contributed by atoms with Gasteiger partial charge in [0.05, 0.1) is 9.31 Å². The summed E-state index contributed by atoms with van der Waals surface area (Å²) in [5, 5.41) is -0.530. The lowest BCUT2D eigenvalue weighted by atomic mass is 10.1. The minimum absolute atomic E-state index is 0.116. The average molecular weight is 559 g/mol. The van der Waals surface area contributed by atoms with Crippen molar-refractivity contribution in [2.24, 2.45) is 17.3 Å². The van der Waals surface area contributed by atoms with Gasteiger partial charge in [-0.05, 0) is 83.4 Å². The maximum Gasteiger partial charge on any atom is 0.311 e. The molecule has 0 heterocycles. The Bertz CT molecular complexity index is 845. The van der Waals surface area contributed by atoms with Gasteiger partial charge >= 0.3 is 5.97 Å². The molecule has 0 saturated heterocycles. The Labute approximate surface area is 184 Å². The maximum absolute atomic E-state index is 12.6. The van der Waals surface area contributed by atoms with E-state index in [4.69, 9.17) is 9.47 Å². The van der Waals surface area contributed by atoms with Crippen molar-refractivity contribution in [3.05, 3.63) is 69.6 Å². The first-order valence-corrected chi connectivity index (χ1v) is 11.0. The molecule has 27 heavy (non-hydrogen) atoms. The molecule has 0 spiro atoms. The summed E-state index contributed by atoms with van der Waals surface area (Å²) in [6, 6.07) is 17.1. The second-order valence-electron chi connectivity index (χ2n) is 7.02. The fourth-order valence-electron chi connectivity index (χ4n) is 3.16. The van der Waals surface area contributed by atoms with Crippen LogP contribution in [-0.4, -0.2) is 5.97 Å². The zero-order valence-electron chi connectivity index (χ0n) is 14.9. The van der Waals surface area contributed by atoms with Crippen LogP contribution in [0.3, 0.4) is 0 Å². The third kappa shape index (κ3) is 5.04. The molecule has 0 bridgehead atoms. The van der Waals surface area contributed by atoms with Gasteiger partial charge in [0.25, 0.3) is 0 Å². The molecule has 1 saturated carbocycles. The predicted octanol–water partition coefficient (Wildman–Crippen LogP) is 7.32. The Balaban J connectivity index is 1.66. The number of carbonyl (C=O) groups excluding carboxylic acids is 1. The molecule has 0 aromatic heterocycles. The summed E-state index contributed by atoms with van der Waals surface area (Å²) >= 11 is 10.2. The molecule has 142 valence electrons. The molecular weight excluding hydrogens is 540 g/mol. The van der Waals surface area contributed by atoms with Crippen molar-refractivity contribution in [3.63, 3.8) is 0 Å². The van der Waals surface area contributed by atoms with E-state index in [-0.39, 0.29) is 23.2 Å². The van der Waals surface area contributed by atoms with Crippen LogP contribution in [0.5, 0.6) is 11.5 Å². The van der Waals surface area contributed by atoms with Gasteiger partial charge < -0.3 is 9.47 Å². The summed E-state index contributed by atoms with van der Waals surface area (Å²) in [5.74, 6) is 1.22. The number of carbonyl (C=O) groups is 1. The number of benzene rings is 2. The van der Waals surface area contributed by atoms with Crippen LogP contribution in [0.25, 0.3) is 0 Å². The topological polar surface area (TPSA) is 35.5 Å². The Kier molecular flexibility index (Phi) is 6.49. The third-order valence-electron chi connectivity index (χ3n) is 4.79. The lowest BCUT2D eigenvalue weighted by Crippen LogP contribution is -2.12. The van der Waals surface area contributed by atoms with Crippen LogP contribution in [0.15, 0.2) is 64.1 Å². The molecule has 2 aromatic rings. The average Bonchev–Trinajstić information content (AvgIpc) is 3.15. The van der Waals surface area contributed by atoms with Crippen molar-refractivity contribution >= 4 is 53.8 Å². The van der Waals surface area contributed by atoms with E-state index in [0.29, 0.717) is 5.75 Å². The van der Waals surface area contributed by atoms with Crippen molar-refractivity contribution in [2.75, 3.05) is 0 Å². The second-order valence-corrected chi connectivity index (χ2v) is 10.6. The van der Waals surface area contributed by atoms with Gasteiger partial charge in [-0.1, -0.05) is 50.3 Å². The Morgan fingerprint density at radius 1 is 1.07 bits per heavy atom. The monoisotopic (exact) mass is 556 g/mol. The highest BCUT2D eigenvalue weighted by Gasteiger charge is 2.61. The molecule has 3 atom stereocenters. The summed E-state index contributed by atoms with van der Waals surface area (Å²) in [5.41, 5.74) is 0.707. The van der Waals surface area contributed by atoms with Gasteiger partial charge in [-0.15, -0.1) is 0 Å². The van der Waals surface area contributed by atoms with Crippen LogP contribution in [0, 0.1) is 17.3 Å². The fraction of sp³-hybridized carbons (Fsp3) is 0.286. The number of rotatable bonds is 6. The summed E-state index contributed by atoms with van der Waals surface area (Å²) in [4.78, 5) is 12.6. The molecule has 3 rings (SSSR count). The van der Waals surface area contributed by atoms with Crippen molar-refractivity contribution < 1.29 is 14.3 Å². The van der Waals surface area contributed by atoms with Crippen molar-refractivity contribution in [1.29, 1.82) is 0 Å². The van der Waals surface area contributed by atoms with E-state index in [0.717, 1.165) is 14.7 Å². The highest BCUT2D eigenvalue weighted by atomic mass is 79.9. The number of allylic oxidation sites excluding steroid dienone is 1. The fourth-order valence-corrected chi connectivity index (χ4v) is 4.20. The molecule has 1 aliphatic carbocycles. The molecule has 3 nitrogen and oxygen atoms in total. The molecule has 0 amide bonds. The molecule has 6 heteroatoms. The van der Waals surface area contributed by atoms with Gasteiger partial charge in [0.15, 0.2) is 5.01 Å².